The predicted octanol–water partition coefficient (Wildman–Crippen LogP) is 3.77. The number of thiophene rings is 1. The Morgan fingerprint density at radius 2 is 2.19 bits per heavy atom. The van der Waals surface area contributed by atoms with Crippen LogP contribution in [-0.4, -0.2) is 9.97 Å². The Hall–Kier alpha value is -0.840. The molecule has 2 aromatic rings. The van der Waals surface area contributed by atoms with Crippen LogP contribution < -0.4 is 5.32 Å². The lowest BCUT2D eigenvalue weighted by Crippen LogP contribution is -2.02. The normalized spacial score (nSPS) is 10.4. The minimum atomic E-state index is 0.248. The van der Waals surface area contributed by atoms with Gasteiger partial charge in [-0.15, -0.1) is 11.3 Å². The lowest BCUT2D eigenvalue weighted by molar-refractivity contribution is 1.07. The van der Waals surface area contributed by atoms with Crippen LogP contribution in [0.2, 0.25) is 9.62 Å². The molecular formula is C10H9Cl2N3S. The van der Waals surface area contributed by atoms with E-state index in [1.807, 2.05) is 19.1 Å². The van der Waals surface area contributed by atoms with Gasteiger partial charge in [0.2, 0.25) is 5.28 Å². The van der Waals surface area contributed by atoms with E-state index in [0.29, 0.717) is 6.54 Å². The second-order valence-corrected chi connectivity index (χ2v) is 5.37. The summed E-state index contributed by atoms with van der Waals surface area (Å²) in [4.78, 5) is 9.16. The zero-order chi connectivity index (χ0) is 11.5. The monoisotopic (exact) mass is 273 g/mol. The van der Waals surface area contributed by atoms with Gasteiger partial charge >= 0.3 is 0 Å². The van der Waals surface area contributed by atoms with Crippen molar-refractivity contribution in [2.24, 2.45) is 0 Å². The molecule has 0 fully saturated rings. The van der Waals surface area contributed by atoms with Crippen LogP contribution in [0.15, 0.2) is 18.3 Å². The maximum atomic E-state index is 5.84. The van der Waals surface area contributed by atoms with Crippen molar-refractivity contribution in [1.29, 1.82) is 0 Å². The molecule has 0 bridgehead atoms. The van der Waals surface area contributed by atoms with E-state index in [9.17, 15) is 0 Å². The molecule has 1 N–H and O–H groups in total. The fourth-order valence-corrected chi connectivity index (χ4v) is 2.38. The summed E-state index contributed by atoms with van der Waals surface area (Å²) in [5.74, 6) is 0.754. The fourth-order valence-electron chi connectivity index (χ4n) is 1.22. The average molecular weight is 274 g/mol. The molecule has 0 saturated carbocycles. The highest BCUT2D eigenvalue weighted by atomic mass is 35.5. The molecule has 2 aromatic heterocycles. The van der Waals surface area contributed by atoms with E-state index in [4.69, 9.17) is 23.2 Å². The molecule has 84 valence electrons. The number of aryl methyl sites for hydroxylation is 1. The molecule has 3 nitrogen and oxygen atoms in total. The first kappa shape index (κ1) is 11.6. The molecule has 6 heteroatoms. The van der Waals surface area contributed by atoms with Gasteiger partial charge in [0.15, 0.2) is 0 Å². The molecular weight excluding hydrogens is 265 g/mol. The summed E-state index contributed by atoms with van der Waals surface area (Å²) in [6.45, 7) is 2.62. The maximum absolute atomic E-state index is 5.84. The third-order valence-electron chi connectivity index (χ3n) is 2.00. The zero-order valence-electron chi connectivity index (χ0n) is 8.50. The molecule has 0 aliphatic carbocycles. The van der Waals surface area contributed by atoms with E-state index in [2.05, 4.69) is 15.3 Å². The summed E-state index contributed by atoms with van der Waals surface area (Å²) in [5.41, 5.74) is 0.965. The predicted molar refractivity (Wildman–Crippen MR) is 68.4 cm³/mol. The Balaban J connectivity index is 2.07. The molecule has 0 saturated heterocycles. The molecule has 0 spiro atoms. The number of hydrogen-bond donors (Lipinski definition) is 1. The molecule has 0 atom stereocenters. The van der Waals surface area contributed by atoms with Crippen LogP contribution in [0.5, 0.6) is 0 Å². The number of nitrogens with zero attached hydrogens (tertiary/aromatic N) is 2. The fraction of sp³-hybridized carbons (Fsp3) is 0.200. The van der Waals surface area contributed by atoms with Crippen LogP contribution in [0.3, 0.4) is 0 Å². The first-order chi connectivity index (χ1) is 7.65. The molecule has 2 heterocycles. The van der Waals surface area contributed by atoms with Gasteiger partial charge < -0.3 is 5.32 Å². The Kier molecular flexibility index (Phi) is 3.63. The van der Waals surface area contributed by atoms with Gasteiger partial charge in [-0.05, 0) is 30.7 Å². The number of rotatable bonds is 3. The molecule has 0 aliphatic rings. The van der Waals surface area contributed by atoms with E-state index in [0.717, 1.165) is 20.6 Å². The summed E-state index contributed by atoms with van der Waals surface area (Å²) >= 11 is 13.1. The Bertz CT molecular complexity index is 499. The second kappa shape index (κ2) is 4.99. The molecule has 0 radical (unpaired) electrons. The quantitative estimate of drug-likeness (QED) is 0.866. The highest BCUT2D eigenvalue weighted by Crippen LogP contribution is 2.22. The van der Waals surface area contributed by atoms with Crippen LogP contribution in [-0.2, 0) is 6.54 Å². The van der Waals surface area contributed by atoms with Crippen LogP contribution in [0, 0.1) is 6.92 Å². The van der Waals surface area contributed by atoms with E-state index in [-0.39, 0.29) is 5.28 Å². The number of nitrogens with one attached hydrogen (secondary N) is 1. The molecule has 16 heavy (non-hydrogen) atoms. The first-order valence-corrected chi connectivity index (χ1v) is 6.19. The van der Waals surface area contributed by atoms with Crippen molar-refractivity contribution in [2.45, 2.75) is 13.5 Å². The topological polar surface area (TPSA) is 37.8 Å². The van der Waals surface area contributed by atoms with Gasteiger partial charge in [-0.1, -0.05) is 11.6 Å². The molecule has 0 unspecified atom stereocenters. The Morgan fingerprint density at radius 1 is 1.38 bits per heavy atom. The first-order valence-electron chi connectivity index (χ1n) is 4.62. The number of halogens is 2. The summed E-state index contributed by atoms with van der Waals surface area (Å²) in [5, 5.41) is 3.45. The largest absolute Gasteiger partial charge is 0.365 e. The van der Waals surface area contributed by atoms with Crippen LogP contribution >= 0.6 is 34.5 Å². The van der Waals surface area contributed by atoms with Gasteiger partial charge in [0, 0.05) is 16.6 Å². The molecule has 0 amide bonds. The molecule has 2 rings (SSSR count). The zero-order valence-corrected chi connectivity index (χ0v) is 10.8. The lowest BCUT2D eigenvalue weighted by atomic mass is 10.3. The maximum Gasteiger partial charge on any atom is 0.224 e. The summed E-state index contributed by atoms with van der Waals surface area (Å²) < 4.78 is 0.786. The van der Waals surface area contributed by atoms with Crippen LogP contribution in [0.4, 0.5) is 5.82 Å². The highest BCUT2D eigenvalue weighted by molar-refractivity contribution is 7.16. The number of anilines is 1. The lowest BCUT2D eigenvalue weighted by Gasteiger charge is -2.06. The van der Waals surface area contributed by atoms with Gasteiger partial charge in [0.1, 0.15) is 5.82 Å². The van der Waals surface area contributed by atoms with Crippen molar-refractivity contribution >= 4 is 40.4 Å². The van der Waals surface area contributed by atoms with Crippen molar-refractivity contribution in [1.82, 2.24) is 9.97 Å². The van der Waals surface area contributed by atoms with E-state index in [1.165, 1.54) is 0 Å². The van der Waals surface area contributed by atoms with Gasteiger partial charge in [0.05, 0.1) is 10.9 Å². The third-order valence-corrected chi connectivity index (χ3v) is 3.41. The molecule has 0 aromatic carbocycles. The van der Waals surface area contributed by atoms with E-state index < -0.39 is 0 Å². The summed E-state index contributed by atoms with van der Waals surface area (Å²) in [6.07, 6.45) is 1.69. The van der Waals surface area contributed by atoms with Crippen molar-refractivity contribution in [3.63, 3.8) is 0 Å². The summed E-state index contributed by atoms with van der Waals surface area (Å²) in [7, 11) is 0. The Morgan fingerprint density at radius 3 is 2.88 bits per heavy atom. The minimum Gasteiger partial charge on any atom is -0.365 e. The number of hydrogen-bond acceptors (Lipinski definition) is 4. The SMILES string of the molecule is Cc1cnc(Cl)nc1NCc1ccc(Cl)s1. The van der Waals surface area contributed by atoms with E-state index >= 15 is 0 Å². The third kappa shape index (κ3) is 2.84. The highest BCUT2D eigenvalue weighted by Gasteiger charge is 2.03. The van der Waals surface area contributed by atoms with Crippen molar-refractivity contribution in [3.8, 4) is 0 Å². The van der Waals surface area contributed by atoms with Gasteiger partial charge in [-0.3, -0.25) is 0 Å². The summed E-state index contributed by atoms with van der Waals surface area (Å²) in [6, 6.07) is 3.86. The van der Waals surface area contributed by atoms with Gasteiger partial charge in [-0.25, -0.2) is 9.97 Å². The van der Waals surface area contributed by atoms with Crippen molar-refractivity contribution in [3.05, 3.63) is 38.4 Å². The smallest absolute Gasteiger partial charge is 0.224 e. The van der Waals surface area contributed by atoms with Crippen molar-refractivity contribution < 1.29 is 0 Å². The van der Waals surface area contributed by atoms with Crippen molar-refractivity contribution in [2.75, 3.05) is 5.32 Å². The van der Waals surface area contributed by atoms with Gasteiger partial charge in [-0.2, -0.15) is 0 Å². The van der Waals surface area contributed by atoms with Gasteiger partial charge in [0.25, 0.3) is 0 Å². The van der Waals surface area contributed by atoms with Crippen LogP contribution in [0.25, 0.3) is 0 Å². The van der Waals surface area contributed by atoms with E-state index in [1.54, 1.807) is 17.5 Å². The number of aromatic nitrogens is 2. The Labute approximate surface area is 107 Å². The molecule has 0 aliphatic heterocycles. The second-order valence-electron chi connectivity index (χ2n) is 3.23. The van der Waals surface area contributed by atoms with Crippen LogP contribution in [0.1, 0.15) is 10.4 Å². The average Bonchev–Trinajstić information content (AvgIpc) is 2.66. The standard InChI is InChI=1S/C10H9Cl2N3S/c1-6-4-14-10(12)15-9(6)13-5-7-2-3-8(11)16-7/h2-4H,5H2,1H3,(H,13,14,15). The minimum absolute atomic E-state index is 0.248.